The van der Waals surface area contributed by atoms with Gasteiger partial charge in [0.15, 0.2) is 11.5 Å². The molecule has 1 aromatic heterocycles. The van der Waals surface area contributed by atoms with E-state index in [1.54, 1.807) is 30.8 Å². The van der Waals surface area contributed by atoms with Crippen molar-refractivity contribution >= 4 is 17.2 Å². The van der Waals surface area contributed by atoms with Crippen molar-refractivity contribution in [2.24, 2.45) is 11.8 Å². The number of nitrogens with zero attached hydrogens (tertiary/aromatic N) is 1. The van der Waals surface area contributed by atoms with Crippen LogP contribution < -0.4 is 14.8 Å². The summed E-state index contributed by atoms with van der Waals surface area (Å²) in [5.41, 5.74) is 3.22. The molecule has 2 atom stereocenters. The molecule has 122 valence electrons. The minimum absolute atomic E-state index is 0.0755. The van der Waals surface area contributed by atoms with Gasteiger partial charge in [0.05, 0.1) is 18.3 Å². The quantitative estimate of drug-likeness (QED) is 0.846. The molecule has 0 unspecified atom stereocenters. The molecule has 6 heteroatoms. The van der Waals surface area contributed by atoms with E-state index in [2.05, 4.69) is 17.2 Å². The summed E-state index contributed by atoms with van der Waals surface area (Å²) in [4.78, 5) is 16.4. The van der Waals surface area contributed by atoms with E-state index < -0.39 is 0 Å². The van der Waals surface area contributed by atoms with Crippen LogP contribution in [0.3, 0.4) is 0 Å². The summed E-state index contributed by atoms with van der Waals surface area (Å²) in [5.74, 6) is 2.43. The third-order valence-electron chi connectivity index (χ3n) is 4.09. The predicted molar refractivity (Wildman–Crippen MR) is 89.0 cm³/mol. The minimum Gasteiger partial charge on any atom is -0.493 e. The fourth-order valence-corrected chi connectivity index (χ4v) is 2.94. The zero-order valence-corrected chi connectivity index (χ0v) is 14.1. The van der Waals surface area contributed by atoms with Crippen molar-refractivity contribution in [3.05, 3.63) is 40.3 Å². The van der Waals surface area contributed by atoms with E-state index in [1.807, 2.05) is 5.38 Å². The maximum absolute atomic E-state index is 12.2. The van der Waals surface area contributed by atoms with E-state index >= 15 is 0 Å². The Labute approximate surface area is 139 Å². The number of ether oxygens (including phenoxy) is 2. The molecule has 1 heterocycles. The molecule has 3 rings (SSSR count). The number of methoxy groups -OCH3 is 1. The van der Waals surface area contributed by atoms with Gasteiger partial charge in [-0.25, -0.2) is 4.98 Å². The zero-order chi connectivity index (χ0) is 16.2. The molecule has 0 aliphatic heterocycles. The van der Waals surface area contributed by atoms with Gasteiger partial charge in [0.25, 0.3) is 5.91 Å². The maximum Gasteiger partial charge on any atom is 0.251 e. The third kappa shape index (κ3) is 4.01. The van der Waals surface area contributed by atoms with E-state index in [-0.39, 0.29) is 5.91 Å². The lowest BCUT2D eigenvalue weighted by atomic mass is 10.2. The number of hydrogen-bond acceptors (Lipinski definition) is 5. The Kier molecular flexibility index (Phi) is 4.81. The van der Waals surface area contributed by atoms with E-state index in [1.165, 1.54) is 17.8 Å². The van der Waals surface area contributed by atoms with Gasteiger partial charge in [0.1, 0.15) is 6.61 Å². The Hall–Kier alpha value is -2.08. The van der Waals surface area contributed by atoms with E-state index in [0.29, 0.717) is 29.6 Å². The van der Waals surface area contributed by atoms with Crippen LogP contribution in [0, 0.1) is 11.8 Å². The molecular weight excluding hydrogens is 312 g/mol. The molecule has 0 saturated heterocycles. The molecule has 1 amide bonds. The van der Waals surface area contributed by atoms with Crippen molar-refractivity contribution in [1.82, 2.24) is 10.3 Å². The number of thiazole rings is 1. The summed E-state index contributed by atoms with van der Waals surface area (Å²) in [6, 6.07) is 5.23. The standard InChI is InChI=1S/C17H20N2O3S/c1-11-5-13(11)7-18-17(20)12-3-4-15(16(6-12)21-2)22-8-14-9-23-10-19-14/h3-4,6,9-11,13H,5,7-8H2,1-2H3,(H,18,20)/t11-,13+/m1/s1. The Morgan fingerprint density at radius 2 is 2.26 bits per heavy atom. The number of rotatable bonds is 7. The maximum atomic E-state index is 12.2. The van der Waals surface area contributed by atoms with Gasteiger partial charge in [-0.3, -0.25) is 4.79 Å². The highest BCUT2D eigenvalue weighted by atomic mass is 32.1. The van der Waals surface area contributed by atoms with Gasteiger partial charge in [-0.15, -0.1) is 11.3 Å². The molecule has 0 radical (unpaired) electrons. The van der Waals surface area contributed by atoms with Crippen molar-refractivity contribution in [2.75, 3.05) is 13.7 Å². The smallest absolute Gasteiger partial charge is 0.251 e. The Morgan fingerprint density at radius 3 is 2.91 bits per heavy atom. The zero-order valence-electron chi connectivity index (χ0n) is 13.2. The molecule has 1 N–H and O–H groups in total. The Balaban J connectivity index is 1.62. The Morgan fingerprint density at radius 1 is 1.43 bits per heavy atom. The van der Waals surface area contributed by atoms with Crippen LogP contribution >= 0.6 is 11.3 Å². The first-order valence-electron chi connectivity index (χ1n) is 7.63. The molecular formula is C17H20N2O3S. The average Bonchev–Trinajstić information content (AvgIpc) is 3.04. The monoisotopic (exact) mass is 332 g/mol. The van der Waals surface area contributed by atoms with Crippen LogP contribution in [0.25, 0.3) is 0 Å². The lowest BCUT2D eigenvalue weighted by Gasteiger charge is -2.11. The third-order valence-corrected chi connectivity index (χ3v) is 4.72. The molecule has 5 nitrogen and oxygen atoms in total. The lowest BCUT2D eigenvalue weighted by Crippen LogP contribution is -2.25. The molecule has 1 saturated carbocycles. The molecule has 23 heavy (non-hydrogen) atoms. The second kappa shape index (κ2) is 7.00. The minimum atomic E-state index is -0.0755. The average molecular weight is 332 g/mol. The normalized spacial score (nSPS) is 19.2. The van der Waals surface area contributed by atoms with Crippen LogP contribution in [0.2, 0.25) is 0 Å². The summed E-state index contributed by atoms with van der Waals surface area (Å²) in [6.07, 6.45) is 1.20. The summed E-state index contributed by atoms with van der Waals surface area (Å²) >= 11 is 1.53. The number of carbonyl (C=O) groups excluding carboxylic acids is 1. The summed E-state index contributed by atoms with van der Waals surface area (Å²) in [7, 11) is 1.57. The summed E-state index contributed by atoms with van der Waals surface area (Å²) in [6.45, 7) is 3.32. The van der Waals surface area contributed by atoms with Crippen molar-refractivity contribution in [2.45, 2.75) is 20.0 Å². The number of benzene rings is 1. The van der Waals surface area contributed by atoms with Crippen molar-refractivity contribution in [3.8, 4) is 11.5 Å². The lowest BCUT2D eigenvalue weighted by molar-refractivity contribution is 0.0951. The topological polar surface area (TPSA) is 60.5 Å². The highest BCUT2D eigenvalue weighted by molar-refractivity contribution is 7.07. The fraction of sp³-hybridized carbons (Fsp3) is 0.412. The van der Waals surface area contributed by atoms with Gasteiger partial charge in [-0.2, -0.15) is 0 Å². The van der Waals surface area contributed by atoms with Crippen LogP contribution in [0.5, 0.6) is 11.5 Å². The first-order chi connectivity index (χ1) is 11.2. The van der Waals surface area contributed by atoms with Crippen molar-refractivity contribution in [3.63, 3.8) is 0 Å². The van der Waals surface area contributed by atoms with E-state index in [9.17, 15) is 4.79 Å². The van der Waals surface area contributed by atoms with Crippen molar-refractivity contribution < 1.29 is 14.3 Å². The molecule has 1 fully saturated rings. The van der Waals surface area contributed by atoms with Crippen LogP contribution in [-0.2, 0) is 6.61 Å². The molecule has 0 spiro atoms. The fourth-order valence-electron chi connectivity index (χ4n) is 2.40. The number of carbonyl (C=O) groups is 1. The van der Waals surface area contributed by atoms with Crippen LogP contribution in [-0.4, -0.2) is 24.5 Å². The van der Waals surface area contributed by atoms with Gasteiger partial charge in [0.2, 0.25) is 0 Å². The van der Waals surface area contributed by atoms with Gasteiger partial charge in [0, 0.05) is 17.5 Å². The number of amides is 1. The second-order valence-electron chi connectivity index (χ2n) is 5.82. The van der Waals surface area contributed by atoms with Gasteiger partial charge in [-0.05, 0) is 36.5 Å². The largest absolute Gasteiger partial charge is 0.493 e. The summed E-state index contributed by atoms with van der Waals surface area (Å²) in [5, 5.41) is 4.91. The SMILES string of the molecule is COc1cc(C(=O)NC[C@@H]2C[C@H]2C)ccc1OCc1cscn1. The molecule has 1 aliphatic carbocycles. The highest BCUT2D eigenvalue weighted by Gasteiger charge is 2.32. The van der Waals surface area contributed by atoms with E-state index in [4.69, 9.17) is 9.47 Å². The van der Waals surface area contributed by atoms with Crippen LogP contribution in [0.4, 0.5) is 0 Å². The van der Waals surface area contributed by atoms with Gasteiger partial charge >= 0.3 is 0 Å². The van der Waals surface area contributed by atoms with Crippen LogP contribution in [0.1, 0.15) is 29.4 Å². The van der Waals surface area contributed by atoms with Crippen molar-refractivity contribution in [1.29, 1.82) is 0 Å². The van der Waals surface area contributed by atoms with Gasteiger partial charge in [-0.1, -0.05) is 6.92 Å². The molecule has 1 aromatic carbocycles. The predicted octanol–water partition coefficient (Wildman–Crippen LogP) is 3.12. The second-order valence-corrected chi connectivity index (χ2v) is 6.54. The molecule has 0 bridgehead atoms. The molecule has 1 aliphatic rings. The highest BCUT2D eigenvalue weighted by Crippen LogP contribution is 2.36. The Bertz CT molecular complexity index is 672. The van der Waals surface area contributed by atoms with E-state index in [0.717, 1.165) is 18.2 Å². The van der Waals surface area contributed by atoms with Crippen LogP contribution in [0.15, 0.2) is 29.1 Å². The number of nitrogens with one attached hydrogen (secondary N) is 1. The summed E-state index contributed by atoms with van der Waals surface area (Å²) < 4.78 is 11.1. The first-order valence-corrected chi connectivity index (χ1v) is 8.57. The number of aromatic nitrogens is 1. The first kappa shape index (κ1) is 15.8. The van der Waals surface area contributed by atoms with Gasteiger partial charge < -0.3 is 14.8 Å². The number of hydrogen-bond donors (Lipinski definition) is 1. The molecule has 2 aromatic rings.